The lowest BCUT2D eigenvalue weighted by Crippen LogP contribution is -2.10. The van der Waals surface area contributed by atoms with E-state index in [9.17, 15) is 0 Å². The summed E-state index contributed by atoms with van der Waals surface area (Å²) in [7, 11) is 0. The molecule has 0 atom stereocenters. The van der Waals surface area contributed by atoms with Gasteiger partial charge in [-0.1, -0.05) is 194 Å². The maximum atomic E-state index is 2.46. The fourth-order valence-electron chi connectivity index (χ4n) is 9.06. The zero-order valence-electron chi connectivity index (χ0n) is 33.0. The van der Waals surface area contributed by atoms with Gasteiger partial charge in [0.15, 0.2) is 0 Å². The summed E-state index contributed by atoms with van der Waals surface area (Å²) >= 11 is 0. The minimum Gasteiger partial charge on any atom is -0.310 e. The molecule has 11 aromatic rings. The SMILES string of the molecule is c1ccc(-c2ccc(-c3ccccc3-n3c4ccccc4c4c(N(c5ccccc5)c5ccc(-c6cccc7ccccc67)c(-c6ccccc6)c5)cccc43)cc2)cc1. The van der Waals surface area contributed by atoms with Crippen molar-refractivity contribution in [3.63, 3.8) is 0 Å². The molecule has 0 aliphatic rings. The molecule has 0 bridgehead atoms. The summed E-state index contributed by atoms with van der Waals surface area (Å²) < 4.78 is 2.46. The molecule has 0 aliphatic heterocycles. The molecule has 0 saturated carbocycles. The Bertz CT molecular complexity index is 3290. The maximum absolute atomic E-state index is 2.46. The van der Waals surface area contributed by atoms with E-state index in [0.717, 1.165) is 33.8 Å². The van der Waals surface area contributed by atoms with Crippen LogP contribution in [0.15, 0.2) is 243 Å². The Balaban J connectivity index is 1.13. The monoisotopic (exact) mass is 764 g/mol. The number of para-hydroxylation sites is 3. The molecule has 282 valence electrons. The zero-order valence-corrected chi connectivity index (χ0v) is 33.0. The van der Waals surface area contributed by atoms with Crippen molar-refractivity contribution >= 4 is 49.6 Å². The van der Waals surface area contributed by atoms with E-state index in [4.69, 9.17) is 0 Å². The Labute approximate surface area is 350 Å². The Hall–Kier alpha value is -7.94. The van der Waals surface area contributed by atoms with Gasteiger partial charge in [0, 0.05) is 27.7 Å². The van der Waals surface area contributed by atoms with Crippen LogP contribution in [0.5, 0.6) is 0 Å². The first-order chi connectivity index (χ1) is 29.8. The number of nitrogens with zero attached hydrogens (tertiary/aromatic N) is 2. The molecule has 0 aliphatic carbocycles. The van der Waals surface area contributed by atoms with Gasteiger partial charge in [-0.05, 0) is 98.2 Å². The van der Waals surface area contributed by atoms with Gasteiger partial charge in [-0.25, -0.2) is 0 Å². The Morgan fingerprint density at radius 3 is 1.65 bits per heavy atom. The highest BCUT2D eigenvalue weighted by atomic mass is 15.1. The lowest BCUT2D eigenvalue weighted by Gasteiger charge is -2.28. The zero-order chi connectivity index (χ0) is 39.8. The van der Waals surface area contributed by atoms with Crippen LogP contribution in [0.3, 0.4) is 0 Å². The first kappa shape index (κ1) is 35.2. The van der Waals surface area contributed by atoms with Gasteiger partial charge in [-0.15, -0.1) is 0 Å². The third-order valence-electron chi connectivity index (χ3n) is 11.8. The summed E-state index contributed by atoms with van der Waals surface area (Å²) in [4.78, 5) is 2.44. The summed E-state index contributed by atoms with van der Waals surface area (Å²) in [6.07, 6.45) is 0. The van der Waals surface area contributed by atoms with Crippen LogP contribution in [0.4, 0.5) is 17.1 Å². The molecule has 0 radical (unpaired) electrons. The van der Waals surface area contributed by atoms with Gasteiger partial charge in [0.1, 0.15) is 0 Å². The smallest absolute Gasteiger partial charge is 0.0562 e. The highest BCUT2D eigenvalue weighted by molar-refractivity contribution is 6.17. The van der Waals surface area contributed by atoms with Gasteiger partial charge >= 0.3 is 0 Å². The fraction of sp³-hybridized carbons (Fsp3) is 0. The third-order valence-corrected chi connectivity index (χ3v) is 11.8. The first-order valence-corrected chi connectivity index (χ1v) is 20.6. The lowest BCUT2D eigenvalue weighted by molar-refractivity contribution is 1.18. The van der Waals surface area contributed by atoms with Crippen molar-refractivity contribution in [1.82, 2.24) is 4.57 Å². The number of benzene rings is 10. The van der Waals surface area contributed by atoms with Gasteiger partial charge in [-0.2, -0.15) is 0 Å². The molecule has 0 fully saturated rings. The van der Waals surface area contributed by atoms with Crippen LogP contribution in [-0.2, 0) is 0 Å². The Kier molecular flexibility index (Phi) is 8.87. The van der Waals surface area contributed by atoms with Crippen LogP contribution in [-0.4, -0.2) is 4.57 Å². The van der Waals surface area contributed by atoms with E-state index in [2.05, 4.69) is 252 Å². The molecular formula is C58H40N2. The number of anilines is 3. The van der Waals surface area contributed by atoms with Crippen molar-refractivity contribution in [3.05, 3.63) is 243 Å². The molecule has 0 N–H and O–H groups in total. The number of aromatic nitrogens is 1. The van der Waals surface area contributed by atoms with Crippen molar-refractivity contribution in [3.8, 4) is 50.2 Å². The molecule has 1 heterocycles. The molecule has 60 heavy (non-hydrogen) atoms. The van der Waals surface area contributed by atoms with Gasteiger partial charge < -0.3 is 9.47 Å². The normalized spacial score (nSPS) is 11.3. The van der Waals surface area contributed by atoms with Crippen molar-refractivity contribution in [2.24, 2.45) is 0 Å². The average molecular weight is 765 g/mol. The van der Waals surface area contributed by atoms with E-state index in [1.807, 2.05) is 0 Å². The Morgan fingerprint density at radius 1 is 0.300 bits per heavy atom. The molecule has 2 heteroatoms. The van der Waals surface area contributed by atoms with Crippen molar-refractivity contribution in [2.45, 2.75) is 0 Å². The minimum absolute atomic E-state index is 1.09. The molecule has 10 aromatic carbocycles. The topological polar surface area (TPSA) is 8.17 Å². The fourth-order valence-corrected chi connectivity index (χ4v) is 9.06. The van der Waals surface area contributed by atoms with E-state index < -0.39 is 0 Å². The Morgan fingerprint density at radius 2 is 0.850 bits per heavy atom. The van der Waals surface area contributed by atoms with E-state index in [0.29, 0.717) is 0 Å². The van der Waals surface area contributed by atoms with Crippen molar-refractivity contribution < 1.29 is 0 Å². The minimum atomic E-state index is 1.09. The molecule has 0 saturated heterocycles. The molecule has 1 aromatic heterocycles. The standard InChI is InChI=1S/C58H40N2/c1-4-18-41(19-5-1)42-34-36-45(37-35-42)49-27-12-14-30-54(49)60-55-31-15-13-28-52(55)58-56(32-17-33-57(58)60)59(46-24-8-3-9-25-46)47-38-39-51(53(40-47)44-20-6-2-7-21-44)50-29-16-23-43-22-10-11-26-48(43)50/h1-40H. The van der Waals surface area contributed by atoms with E-state index >= 15 is 0 Å². The summed E-state index contributed by atoms with van der Waals surface area (Å²) in [6, 6.07) is 87.9. The predicted octanol–water partition coefficient (Wildman–Crippen LogP) is 16.1. The van der Waals surface area contributed by atoms with E-state index in [1.165, 1.54) is 66.1 Å². The average Bonchev–Trinajstić information content (AvgIpc) is 3.67. The second kappa shape index (κ2) is 15.1. The quantitative estimate of drug-likeness (QED) is 0.150. The molecule has 2 nitrogen and oxygen atoms in total. The molecule has 11 rings (SSSR count). The number of rotatable bonds is 8. The van der Waals surface area contributed by atoms with Crippen molar-refractivity contribution in [2.75, 3.05) is 4.90 Å². The van der Waals surface area contributed by atoms with Crippen LogP contribution in [0.2, 0.25) is 0 Å². The second-order valence-electron chi connectivity index (χ2n) is 15.3. The largest absolute Gasteiger partial charge is 0.310 e. The lowest BCUT2D eigenvalue weighted by atomic mass is 9.90. The molecule has 0 unspecified atom stereocenters. The number of fused-ring (bicyclic) bond motifs is 4. The molecule has 0 spiro atoms. The van der Waals surface area contributed by atoms with Crippen LogP contribution in [0, 0.1) is 0 Å². The van der Waals surface area contributed by atoms with Gasteiger partial charge in [0.25, 0.3) is 0 Å². The predicted molar refractivity (Wildman–Crippen MR) is 255 cm³/mol. The van der Waals surface area contributed by atoms with E-state index in [1.54, 1.807) is 0 Å². The summed E-state index contributed by atoms with van der Waals surface area (Å²) in [5, 5.41) is 4.88. The van der Waals surface area contributed by atoms with Crippen LogP contribution >= 0.6 is 0 Å². The van der Waals surface area contributed by atoms with Gasteiger partial charge in [0.05, 0.1) is 22.4 Å². The molecule has 0 amide bonds. The van der Waals surface area contributed by atoms with Gasteiger partial charge in [0.2, 0.25) is 0 Å². The van der Waals surface area contributed by atoms with Crippen LogP contribution in [0.1, 0.15) is 0 Å². The second-order valence-corrected chi connectivity index (χ2v) is 15.3. The number of hydrogen-bond acceptors (Lipinski definition) is 1. The molecular weight excluding hydrogens is 725 g/mol. The summed E-state index contributed by atoms with van der Waals surface area (Å²) in [5.74, 6) is 0. The van der Waals surface area contributed by atoms with Crippen molar-refractivity contribution in [1.29, 1.82) is 0 Å². The first-order valence-electron chi connectivity index (χ1n) is 20.6. The van der Waals surface area contributed by atoms with Crippen LogP contribution in [0.25, 0.3) is 82.8 Å². The summed E-state index contributed by atoms with van der Waals surface area (Å²) in [5.41, 5.74) is 16.3. The highest BCUT2D eigenvalue weighted by Gasteiger charge is 2.23. The number of hydrogen-bond donors (Lipinski definition) is 0. The van der Waals surface area contributed by atoms with Gasteiger partial charge in [-0.3, -0.25) is 0 Å². The summed E-state index contributed by atoms with van der Waals surface area (Å²) in [6.45, 7) is 0. The third kappa shape index (κ3) is 6.14. The maximum Gasteiger partial charge on any atom is 0.0562 e. The van der Waals surface area contributed by atoms with Crippen LogP contribution < -0.4 is 4.90 Å². The van der Waals surface area contributed by atoms with E-state index in [-0.39, 0.29) is 0 Å². The highest BCUT2D eigenvalue weighted by Crippen LogP contribution is 2.47.